The van der Waals surface area contributed by atoms with Gasteiger partial charge in [-0.25, -0.2) is 9.59 Å². The lowest BCUT2D eigenvalue weighted by molar-refractivity contribution is -0.169. The smallest absolute Gasteiger partial charge is 0.336 e. The number of nitrogens with one attached hydrogen (secondary N) is 1. The molecular formula is C41H66FNO9. The first kappa shape index (κ1) is 45.1. The average Bonchev–Trinajstić information content (AvgIpc) is 3.56. The fraction of sp³-hybridized carbons (Fsp3) is 0.732. The number of aliphatic carboxylic acids is 1. The Labute approximate surface area is 311 Å². The van der Waals surface area contributed by atoms with Crippen LogP contribution in [0.15, 0.2) is 36.4 Å². The lowest BCUT2D eigenvalue weighted by Gasteiger charge is -2.31. The highest BCUT2D eigenvalue weighted by molar-refractivity contribution is 5.93. The first-order valence-electron chi connectivity index (χ1n) is 19.5. The largest absolute Gasteiger partial charge is 0.494 e. The minimum Gasteiger partial charge on any atom is -0.494 e. The van der Waals surface area contributed by atoms with Gasteiger partial charge in [-0.2, -0.15) is 0 Å². The van der Waals surface area contributed by atoms with Crippen molar-refractivity contribution in [3.63, 3.8) is 0 Å². The Bertz CT molecular complexity index is 1210. The quantitative estimate of drug-likeness (QED) is 0.0465. The van der Waals surface area contributed by atoms with Gasteiger partial charge in [0.15, 0.2) is 11.4 Å². The van der Waals surface area contributed by atoms with Crippen molar-refractivity contribution in [2.24, 2.45) is 5.92 Å². The molecule has 1 aromatic carbocycles. The molecule has 2 rings (SSSR count). The lowest BCUT2D eigenvalue weighted by atomic mass is 9.83. The van der Waals surface area contributed by atoms with Gasteiger partial charge in [-0.3, -0.25) is 9.18 Å². The molecular weight excluding hydrogens is 669 g/mol. The van der Waals surface area contributed by atoms with E-state index in [2.05, 4.69) is 19.2 Å². The highest BCUT2D eigenvalue weighted by Gasteiger charge is 2.47. The third-order valence-electron chi connectivity index (χ3n) is 9.26. The number of allylic oxidation sites excluding steroid dienone is 1. The number of carbonyl (C=O) groups is 3. The van der Waals surface area contributed by atoms with E-state index in [4.69, 9.17) is 18.9 Å². The minimum atomic E-state index is -2.72. The second kappa shape index (κ2) is 23.6. The number of unbranched alkanes of at least 4 members (excludes halogenated alkanes) is 9. The lowest BCUT2D eigenvalue weighted by Crippen LogP contribution is -2.55. The third kappa shape index (κ3) is 16.3. The topological polar surface area (TPSA) is 141 Å². The SMILES string of the molecule is CCCCCCCC1(CCCCCC/C=C/[C@H](C(=O)N[C@@H](Cc2ccc(OCCCC)cc2)C(=O)OC(C)(C)C)[C@@](O)(CCF)C(=O)O)OCCO1. The molecule has 1 heterocycles. The molecule has 0 aromatic heterocycles. The summed E-state index contributed by atoms with van der Waals surface area (Å²) in [6, 6.07) is 5.91. The van der Waals surface area contributed by atoms with Gasteiger partial charge in [0.2, 0.25) is 5.91 Å². The minimum absolute atomic E-state index is 0.0389. The summed E-state index contributed by atoms with van der Waals surface area (Å²) in [7, 11) is 0. The molecule has 1 aromatic rings. The Hall–Kier alpha value is -3.02. The maximum Gasteiger partial charge on any atom is 0.336 e. The molecule has 0 aliphatic carbocycles. The highest BCUT2D eigenvalue weighted by Crippen LogP contribution is 2.32. The van der Waals surface area contributed by atoms with Crippen molar-refractivity contribution in [2.75, 3.05) is 26.5 Å². The maximum atomic E-state index is 13.8. The molecule has 296 valence electrons. The number of halogens is 1. The van der Waals surface area contributed by atoms with Gasteiger partial charge in [-0.15, -0.1) is 0 Å². The van der Waals surface area contributed by atoms with Gasteiger partial charge in [-0.05, 0) is 70.6 Å². The van der Waals surface area contributed by atoms with E-state index in [1.165, 1.54) is 31.8 Å². The molecule has 3 atom stereocenters. The van der Waals surface area contributed by atoms with Crippen LogP contribution in [0.5, 0.6) is 5.75 Å². The molecule has 11 heteroatoms. The Morgan fingerprint density at radius 3 is 2.08 bits per heavy atom. The molecule has 52 heavy (non-hydrogen) atoms. The summed E-state index contributed by atoms with van der Waals surface area (Å²) in [6.07, 6.45) is 15.9. The van der Waals surface area contributed by atoms with Gasteiger partial charge in [0.25, 0.3) is 0 Å². The summed E-state index contributed by atoms with van der Waals surface area (Å²) in [5, 5.41) is 23.8. The van der Waals surface area contributed by atoms with Gasteiger partial charge in [0.05, 0.1) is 32.4 Å². The van der Waals surface area contributed by atoms with Crippen molar-refractivity contribution in [2.45, 2.75) is 160 Å². The van der Waals surface area contributed by atoms with Crippen LogP contribution < -0.4 is 10.1 Å². The number of hydrogen-bond donors (Lipinski definition) is 3. The van der Waals surface area contributed by atoms with Crippen molar-refractivity contribution >= 4 is 17.8 Å². The predicted octanol–water partition coefficient (Wildman–Crippen LogP) is 8.03. The molecule has 10 nitrogen and oxygen atoms in total. The zero-order valence-corrected chi connectivity index (χ0v) is 32.4. The van der Waals surface area contributed by atoms with Gasteiger partial charge >= 0.3 is 11.9 Å². The molecule has 0 saturated carbocycles. The zero-order chi connectivity index (χ0) is 38.5. The molecule has 3 N–H and O–H groups in total. The number of amides is 1. The third-order valence-corrected chi connectivity index (χ3v) is 9.26. The number of alkyl halides is 1. The van der Waals surface area contributed by atoms with Gasteiger partial charge in [-0.1, -0.05) is 83.1 Å². The molecule has 1 aliphatic rings. The first-order chi connectivity index (χ1) is 24.8. The van der Waals surface area contributed by atoms with E-state index in [0.717, 1.165) is 57.8 Å². The first-order valence-corrected chi connectivity index (χ1v) is 19.5. The van der Waals surface area contributed by atoms with Gasteiger partial charge in [0.1, 0.15) is 17.4 Å². The predicted molar refractivity (Wildman–Crippen MR) is 200 cm³/mol. The molecule has 1 aliphatic heterocycles. The molecule has 0 unspecified atom stereocenters. The van der Waals surface area contributed by atoms with Crippen LogP contribution in [0.4, 0.5) is 4.39 Å². The number of esters is 1. The van der Waals surface area contributed by atoms with Crippen LogP contribution >= 0.6 is 0 Å². The van der Waals surface area contributed by atoms with E-state index in [9.17, 15) is 29.0 Å². The van der Waals surface area contributed by atoms with E-state index >= 15 is 0 Å². The van der Waals surface area contributed by atoms with E-state index in [0.29, 0.717) is 37.6 Å². The monoisotopic (exact) mass is 735 g/mol. The van der Waals surface area contributed by atoms with Crippen molar-refractivity contribution in [3.05, 3.63) is 42.0 Å². The number of carboxylic acids is 1. The number of carbonyl (C=O) groups excluding carboxylic acids is 2. The molecule has 0 radical (unpaired) electrons. The van der Waals surface area contributed by atoms with Crippen molar-refractivity contribution in [3.8, 4) is 5.75 Å². The molecule has 1 fully saturated rings. The number of carboxylic acid groups (broad SMARTS) is 1. The summed E-state index contributed by atoms with van der Waals surface area (Å²) < 4.78 is 37.0. The van der Waals surface area contributed by atoms with Crippen LogP contribution in [0, 0.1) is 5.92 Å². The molecule has 0 bridgehead atoms. The standard InChI is InChI=1S/C41H66FNO9/c1-6-8-10-14-17-24-40(50-29-30-51-40)25-18-15-12-11-13-16-19-34(41(48,26-27-42)38(46)47)36(44)43-35(37(45)52-39(3,4)5)31-32-20-22-33(23-21-32)49-28-9-7-2/h16,19-23,34-35,48H,6-15,17-18,24-31H2,1-5H3,(H,43,44)(H,46,47)/b19-16+/t34-,35+,41+/m1/s1. The molecule has 1 amide bonds. The summed E-state index contributed by atoms with van der Waals surface area (Å²) in [4.78, 5) is 39.4. The summed E-state index contributed by atoms with van der Waals surface area (Å²) >= 11 is 0. The van der Waals surface area contributed by atoms with E-state index < -0.39 is 59.9 Å². The van der Waals surface area contributed by atoms with Crippen LogP contribution in [-0.4, -0.2) is 77.6 Å². The van der Waals surface area contributed by atoms with Crippen LogP contribution in [0.2, 0.25) is 0 Å². The van der Waals surface area contributed by atoms with Gasteiger partial charge in [0, 0.05) is 25.7 Å². The van der Waals surface area contributed by atoms with Crippen LogP contribution in [0.3, 0.4) is 0 Å². The number of aliphatic hydroxyl groups is 1. The van der Waals surface area contributed by atoms with Crippen LogP contribution in [0.1, 0.15) is 136 Å². The summed E-state index contributed by atoms with van der Waals surface area (Å²) in [5.41, 5.74) is -2.89. The molecule has 1 saturated heterocycles. The zero-order valence-electron chi connectivity index (χ0n) is 32.4. The fourth-order valence-electron chi connectivity index (χ4n) is 6.27. The maximum absolute atomic E-state index is 13.8. The van der Waals surface area contributed by atoms with Crippen molar-refractivity contribution in [1.82, 2.24) is 5.32 Å². The van der Waals surface area contributed by atoms with Crippen LogP contribution in [0.25, 0.3) is 0 Å². The van der Waals surface area contributed by atoms with E-state index in [1.807, 2.05) is 0 Å². The second-order valence-electron chi connectivity index (χ2n) is 14.9. The summed E-state index contributed by atoms with van der Waals surface area (Å²) in [5.74, 6) is -4.82. The summed E-state index contributed by atoms with van der Waals surface area (Å²) in [6.45, 7) is 10.1. The Kier molecular flexibility index (Phi) is 20.5. The van der Waals surface area contributed by atoms with E-state index in [1.54, 1.807) is 51.1 Å². The van der Waals surface area contributed by atoms with Crippen molar-refractivity contribution < 1.29 is 47.9 Å². The number of ether oxygens (including phenoxy) is 4. The van der Waals surface area contributed by atoms with Gasteiger partial charge < -0.3 is 34.5 Å². The Morgan fingerprint density at radius 2 is 1.52 bits per heavy atom. The normalized spacial score (nSPS) is 16.7. The highest BCUT2D eigenvalue weighted by atomic mass is 19.1. The Balaban J connectivity index is 2.08. The fourth-order valence-corrected chi connectivity index (χ4v) is 6.27. The molecule has 0 spiro atoms. The Morgan fingerprint density at radius 1 is 0.923 bits per heavy atom. The average molecular weight is 736 g/mol. The van der Waals surface area contributed by atoms with Crippen LogP contribution in [-0.2, 0) is 35.0 Å². The number of hydrogen-bond acceptors (Lipinski definition) is 8. The van der Waals surface area contributed by atoms with Crippen molar-refractivity contribution in [1.29, 1.82) is 0 Å². The number of benzene rings is 1. The second-order valence-corrected chi connectivity index (χ2v) is 14.9. The number of rotatable bonds is 27. The van der Waals surface area contributed by atoms with E-state index in [-0.39, 0.29) is 6.42 Å².